The van der Waals surface area contributed by atoms with Crippen molar-refractivity contribution in [2.24, 2.45) is 0 Å². The van der Waals surface area contributed by atoms with Gasteiger partial charge < -0.3 is 24.9 Å². The van der Waals surface area contributed by atoms with Gasteiger partial charge in [-0.05, 0) is 33.9 Å². The van der Waals surface area contributed by atoms with E-state index in [0.717, 1.165) is 27.6 Å². The number of nitrogens with one attached hydrogen (secondary N) is 2. The number of H-pyrrole nitrogens is 1. The molecule has 2 aromatic heterocycles. The van der Waals surface area contributed by atoms with Crippen molar-refractivity contribution in [1.29, 1.82) is 0 Å². The number of pyridine rings is 1. The van der Waals surface area contributed by atoms with E-state index < -0.39 is 18.1 Å². The summed E-state index contributed by atoms with van der Waals surface area (Å²) in [7, 11) is 1.54. The summed E-state index contributed by atoms with van der Waals surface area (Å²) in [5.41, 5.74) is 5.74. The van der Waals surface area contributed by atoms with E-state index in [1.807, 2.05) is 36.4 Å². The van der Waals surface area contributed by atoms with Gasteiger partial charge >= 0.3 is 12.1 Å². The highest BCUT2D eigenvalue weighted by Gasteiger charge is 2.30. The fourth-order valence-corrected chi connectivity index (χ4v) is 4.52. The number of hydrogen-bond acceptors (Lipinski definition) is 5. The van der Waals surface area contributed by atoms with Gasteiger partial charge in [0.15, 0.2) is 0 Å². The molecular weight excluding hydrogens is 434 g/mol. The van der Waals surface area contributed by atoms with Crippen molar-refractivity contribution in [2.75, 3.05) is 13.7 Å². The smallest absolute Gasteiger partial charge is 0.407 e. The third kappa shape index (κ3) is 3.94. The molecule has 4 aromatic rings. The lowest BCUT2D eigenvalue weighted by molar-refractivity contribution is -0.139. The lowest BCUT2D eigenvalue weighted by Gasteiger charge is -2.17. The van der Waals surface area contributed by atoms with Crippen LogP contribution in [0.5, 0.6) is 5.75 Å². The summed E-state index contributed by atoms with van der Waals surface area (Å²) in [5, 5.41) is 12.9. The van der Waals surface area contributed by atoms with Crippen LogP contribution in [0.25, 0.3) is 22.2 Å². The number of aromatic amines is 1. The maximum absolute atomic E-state index is 12.6. The number of carbonyl (C=O) groups is 2. The highest BCUT2D eigenvalue weighted by Crippen LogP contribution is 2.44. The Morgan fingerprint density at radius 1 is 1.12 bits per heavy atom. The van der Waals surface area contributed by atoms with Crippen molar-refractivity contribution in [3.05, 3.63) is 83.7 Å². The quantitative estimate of drug-likeness (QED) is 0.385. The van der Waals surface area contributed by atoms with E-state index in [1.165, 1.54) is 7.11 Å². The van der Waals surface area contributed by atoms with Crippen LogP contribution in [0.2, 0.25) is 0 Å². The first kappa shape index (κ1) is 21.5. The predicted molar refractivity (Wildman–Crippen MR) is 126 cm³/mol. The van der Waals surface area contributed by atoms with Gasteiger partial charge in [0.1, 0.15) is 24.0 Å². The SMILES string of the molecule is COc1cnc2[nH]cc(C[C@H](NC(=O)OCC3c4ccccc4-c4ccccc43)C(=O)O)c2c1. The predicted octanol–water partition coefficient (Wildman–Crippen LogP) is 4.11. The van der Waals surface area contributed by atoms with Gasteiger partial charge in [0, 0.05) is 23.9 Å². The average Bonchev–Trinajstić information content (AvgIpc) is 3.40. The first-order chi connectivity index (χ1) is 16.5. The molecule has 0 saturated heterocycles. The maximum Gasteiger partial charge on any atom is 0.407 e. The average molecular weight is 457 g/mol. The maximum atomic E-state index is 12.6. The van der Waals surface area contributed by atoms with Gasteiger partial charge in [-0.3, -0.25) is 0 Å². The minimum absolute atomic E-state index is 0.0639. The minimum Gasteiger partial charge on any atom is -0.495 e. The highest BCUT2D eigenvalue weighted by molar-refractivity contribution is 5.84. The number of amides is 1. The van der Waals surface area contributed by atoms with Gasteiger partial charge in [0.2, 0.25) is 0 Å². The Balaban J connectivity index is 1.29. The molecule has 0 spiro atoms. The third-order valence-corrected chi connectivity index (χ3v) is 6.19. The Morgan fingerprint density at radius 3 is 2.44 bits per heavy atom. The Labute approximate surface area is 195 Å². The second-order valence-electron chi connectivity index (χ2n) is 8.15. The summed E-state index contributed by atoms with van der Waals surface area (Å²) in [5.74, 6) is -0.697. The number of aromatic nitrogens is 2. The molecule has 2 heterocycles. The number of fused-ring (bicyclic) bond motifs is 4. The van der Waals surface area contributed by atoms with Crippen LogP contribution in [0, 0.1) is 0 Å². The highest BCUT2D eigenvalue weighted by atomic mass is 16.5. The summed E-state index contributed by atoms with van der Waals surface area (Å²) in [6.45, 7) is 0.112. The van der Waals surface area contributed by atoms with Crippen molar-refractivity contribution >= 4 is 23.1 Å². The van der Waals surface area contributed by atoms with E-state index in [1.54, 1.807) is 18.5 Å². The third-order valence-electron chi connectivity index (χ3n) is 6.19. The molecule has 34 heavy (non-hydrogen) atoms. The van der Waals surface area contributed by atoms with Crippen LogP contribution in [-0.4, -0.2) is 46.9 Å². The van der Waals surface area contributed by atoms with E-state index in [4.69, 9.17) is 9.47 Å². The van der Waals surface area contributed by atoms with Gasteiger partial charge in [-0.25, -0.2) is 14.6 Å². The van der Waals surface area contributed by atoms with E-state index in [2.05, 4.69) is 27.4 Å². The van der Waals surface area contributed by atoms with Gasteiger partial charge in [0.05, 0.1) is 13.3 Å². The Morgan fingerprint density at radius 2 is 1.79 bits per heavy atom. The molecule has 0 aliphatic heterocycles. The zero-order valence-electron chi connectivity index (χ0n) is 18.4. The van der Waals surface area contributed by atoms with Crippen LogP contribution in [0.3, 0.4) is 0 Å². The van der Waals surface area contributed by atoms with Crippen LogP contribution >= 0.6 is 0 Å². The number of aliphatic carboxylic acids is 1. The molecule has 2 aromatic carbocycles. The molecule has 1 amide bonds. The number of nitrogens with zero attached hydrogens (tertiary/aromatic N) is 1. The largest absolute Gasteiger partial charge is 0.495 e. The number of carboxylic acid groups (broad SMARTS) is 1. The van der Waals surface area contributed by atoms with Gasteiger partial charge in [0.25, 0.3) is 0 Å². The van der Waals surface area contributed by atoms with Crippen molar-refractivity contribution < 1.29 is 24.2 Å². The zero-order valence-corrected chi connectivity index (χ0v) is 18.4. The van der Waals surface area contributed by atoms with Crippen LogP contribution in [-0.2, 0) is 16.0 Å². The number of carbonyl (C=O) groups excluding carboxylic acids is 1. The number of benzene rings is 2. The topological polar surface area (TPSA) is 114 Å². The molecule has 0 fully saturated rings. The molecule has 0 saturated carbocycles. The van der Waals surface area contributed by atoms with Crippen LogP contribution < -0.4 is 10.1 Å². The van der Waals surface area contributed by atoms with Gasteiger partial charge in [-0.15, -0.1) is 0 Å². The fourth-order valence-electron chi connectivity index (χ4n) is 4.52. The normalized spacial score (nSPS) is 13.2. The molecule has 1 atom stereocenters. The van der Waals surface area contributed by atoms with Crippen molar-refractivity contribution in [3.63, 3.8) is 0 Å². The summed E-state index contributed by atoms with van der Waals surface area (Å²) in [6, 6.07) is 16.7. The standard InChI is InChI=1S/C26H23N3O5/c1-33-16-11-21-15(12-27-24(21)28-13-16)10-23(25(30)31)29-26(32)34-14-22-19-8-4-2-6-17(19)18-7-3-5-9-20(18)22/h2-9,11-13,22-23H,10,14H2,1H3,(H,27,28)(H,29,32)(H,30,31)/t23-/m0/s1. The summed E-state index contributed by atoms with van der Waals surface area (Å²) in [4.78, 5) is 31.8. The molecule has 1 aliphatic rings. The summed E-state index contributed by atoms with van der Waals surface area (Å²) in [6.07, 6.45) is 2.55. The van der Waals surface area contributed by atoms with E-state index in [-0.39, 0.29) is 18.9 Å². The van der Waals surface area contributed by atoms with Crippen molar-refractivity contribution in [1.82, 2.24) is 15.3 Å². The minimum atomic E-state index is -1.17. The molecule has 3 N–H and O–H groups in total. The molecule has 8 heteroatoms. The second kappa shape index (κ2) is 8.90. The molecule has 5 rings (SSSR count). The monoisotopic (exact) mass is 457 g/mol. The Kier molecular flexibility index (Phi) is 5.63. The summed E-state index contributed by atoms with van der Waals surface area (Å²) >= 11 is 0. The lowest BCUT2D eigenvalue weighted by Crippen LogP contribution is -2.42. The number of alkyl carbamates (subject to hydrolysis) is 1. The molecule has 8 nitrogen and oxygen atoms in total. The Hall–Kier alpha value is -4.33. The van der Waals surface area contributed by atoms with Crippen LogP contribution in [0.4, 0.5) is 4.79 Å². The van der Waals surface area contributed by atoms with Gasteiger partial charge in [-0.1, -0.05) is 48.5 Å². The van der Waals surface area contributed by atoms with Crippen LogP contribution in [0.1, 0.15) is 22.6 Å². The lowest BCUT2D eigenvalue weighted by atomic mass is 9.98. The van der Waals surface area contributed by atoms with E-state index >= 15 is 0 Å². The first-order valence-electron chi connectivity index (χ1n) is 10.9. The summed E-state index contributed by atoms with van der Waals surface area (Å²) < 4.78 is 10.7. The number of rotatable bonds is 7. The second-order valence-corrected chi connectivity index (χ2v) is 8.15. The zero-order chi connectivity index (χ0) is 23.7. The molecule has 0 radical (unpaired) electrons. The number of ether oxygens (including phenoxy) is 2. The fraction of sp³-hybridized carbons (Fsp3) is 0.192. The Bertz CT molecular complexity index is 1330. The van der Waals surface area contributed by atoms with E-state index in [9.17, 15) is 14.7 Å². The molecule has 172 valence electrons. The molecule has 0 bridgehead atoms. The van der Waals surface area contributed by atoms with Crippen LogP contribution in [0.15, 0.2) is 67.0 Å². The number of methoxy groups -OCH3 is 1. The number of hydrogen-bond donors (Lipinski definition) is 3. The molecule has 0 unspecified atom stereocenters. The van der Waals surface area contributed by atoms with E-state index in [0.29, 0.717) is 17.0 Å². The van der Waals surface area contributed by atoms with Gasteiger partial charge in [-0.2, -0.15) is 0 Å². The first-order valence-corrected chi connectivity index (χ1v) is 10.9. The molecule has 1 aliphatic carbocycles. The number of carboxylic acids is 1. The molecular formula is C26H23N3O5. The van der Waals surface area contributed by atoms with Crippen molar-refractivity contribution in [3.8, 4) is 16.9 Å². The van der Waals surface area contributed by atoms with Crippen molar-refractivity contribution in [2.45, 2.75) is 18.4 Å².